The molecule has 0 saturated heterocycles. The molecule has 4 rings (SSSR count). The van der Waals surface area contributed by atoms with Gasteiger partial charge in [-0.3, -0.25) is 0 Å². The number of nitrogens with zero attached hydrogens (tertiary/aromatic N) is 5. The fourth-order valence-electron chi connectivity index (χ4n) is 3.03. The van der Waals surface area contributed by atoms with Crippen LogP contribution in [0.15, 0.2) is 30.6 Å². The molecule has 3 aromatic rings. The molecule has 2 heterocycles. The van der Waals surface area contributed by atoms with Crippen molar-refractivity contribution in [1.29, 1.82) is 0 Å². The summed E-state index contributed by atoms with van der Waals surface area (Å²) in [6.07, 6.45) is -1.40. The van der Waals surface area contributed by atoms with Gasteiger partial charge < -0.3 is 4.90 Å². The Balaban J connectivity index is 1.79. The Morgan fingerprint density at radius 2 is 1.92 bits per heavy atom. The standard InChI is InChI=1S/C18H18F3N5/c1-11-3-4-13(7-12(11)2)9-25(14-5-6-14)16-8-15(18(19,20)21)24-17-22-10-23-26(16)17/h3-4,7-8,10,14H,5-6,9H2,1-2H3. The number of halogens is 3. The molecule has 0 atom stereocenters. The first kappa shape index (κ1) is 16.8. The Morgan fingerprint density at radius 1 is 1.15 bits per heavy atom. The number of alkyl halides is 3. The average molecular weight is 361 g/mol. The van der Waals surface area contributed by atoms with Crippen molar-refractivity contribution < 1.29 is 13.2 Å². The lowest BCUT2D eigenvalue weighted by molar-refractivity contribution is -0.141. The van der Waals surface area contributed by atoms with Gasteiger partial charge in [0.05, 0.1) is 0 Å². The van der Waals surface area contributed by atoms with Crippen molar-refractivity contribution in [2.45, 2.75) is 45.5 Å². The van der Waals surface area contributed by atoms with Crippen LogP contribution in [-0.4, -0.2) is 25.6 Å². The van der Waals surface area contributed by atoms with Gasteiger partial charge in [0.25, 0.3) is 5.78 Å². The van der Waals surface area contributed by atoms with E-state index >= 15 is 0 Å². The first-order chi connectivity index (χ1) is 12.3. The molecule has 1 saturated carbocycles. The van der Waals surface area contributed by atoms with Crippen LogP contribution >= 0.6 is 0 Å². The Hall–Kier alpha value is -2.64. The normalized spacial score (nSPS) is 14.8. The second kappa shape index (κ2) is 5.96. The molecule has 1 aromatic carbocycles. The zero-order valence-corrected chi connectivity index (χ0v) is 14.5. The molecule has 2 aromatic heterocycles. The first-order valence-electron chi connectivity index (χ1n) is 8.43. The van der Waals surface area contributed by atoms with Gasteiger partial charge in [-0.15, -0.1) is 0 Å². The minimum atomic E-state index is -4.53. The summed E-state index contributed by atoms with van der Waals surface area (Å²) in [4.78, 5) is 9.44. The highest BCUT2D eigenvalue weighted by Crippen LogP contribution is 2.36. The highest BCUT2D eigenvalue weighted by atomic mass is 19.4. The molecule has 8 heteroatoms. The molecular weight excluding hydrogens is 343 g/mol. The van der Waals surface area contributed by atoms with Crippen molar-refractivity contribution in [3.05, 3.63) is 53.0 Å². The third-order valence-electron chi connectivity index (χ3n) is 4.73. The fraction of sp³-hybridized carbons (Fsp3) is 0.389. The van der Waals surface area contributed by atoms with Crippen molar-refractivity contribution in [2.24, 2.45) is 0 Å². The van der Waals surface area contributed by atoms with Gasteiger partial charge in [0.1, 0.15) is 12.1 Å². The van der Waals surface area contributed by atoms with Crippen LogP contribution in [0.4, 0.5) is 19.0 Å². The average Bonchev–Trinajstić information content (AvgIpc) is 3.30. The van der Waals surface area contributed by atoms with Crippen molar-refractivity contribution in [2.75, 3.05) is 4.90 Å². The minimum absolute atomic E-state index is 0.0411. The van der Waals surface area contributed by atoms with E-state index in [0.29, 0.717) is 12.4 Å². The molecule has 1 aliphatic rings. The number of rotatable bonds is 4. The molecule has 0 radical (unpaired) electrons. The van der Waals surface area contributed by atoms with E-state index in [1.54, 1.807) is 0 Å². The lowest BCUT2D eigenvalue weighted by Crippen LogP contribution is -2.28. The highest BCUT2D eigenvalue weighted by Gasteiger charge is 2.37. The second-order valence-corrected chi connectivity index (χ2v) is 6.75. The number of fused-ring (bicyclic) bond motifs is 1. The predicted octanol–water partition coefficient (Wildman–Crippen LogP) is 3.93. The summed E-state index contributed by atoms with van der Waals surface area (Å²) in [5.74, 6) is 0.334. The maximum absolute atomic E-state index is 13.3. The quantitative estimate of drug-likeness (QED) is 0.706. The van der Waals surface area contributed by atoms with Crippen molar-refractivity contribution in [3.63, 3.8) is 0 Å². The summed E-state index contributed by atoms with van der Waals surface area (Å²) in [5.41, 5.74) is 2.46. The third-order valence-corrected chi connectivity index (χ3v) is 4.73. The summed E-state index contributed by atoms with van der Waals surface area (Å²) in [6.45, 7) is 4.58. The highest BCUT2D eigenvalue weighted by molar-refractivity contribution is 5.50. The van der Waals surface area contributed by atoms with Crippen LogP contribution < -0.4 is 4.90 Å². The minimum Gasteiger partial charge on any atom is -0.349 e. The Labute approximate surface area is 148 Å². The van der Waals surface area contributed by atoms with Gasteiger partial charge in [-0.2, -0.15) is 27.8 Å². The molecule has 136 valence electrons. The van der Waals surface area contributed by atoms with E-state index in [4.69, 9.17) is 0 Å². The topological polar surface area (TPSA) is 46.3 Å². The van der Waals surface area contributed by atoms with E-state index < -0.39 is 11.9 Å². The first-order valence-corrected chi connectivity index (χ1v) is 8.43. The molecule has 0 N–H and O–H groups in total. The molecule has 0 bridgehead atoms. The number of hydrogen-bond acceptors (Lipinski definition) is 4. The number of anilines is 1. The van der Waals surface area contributed by atoms with E-state index in [9.17, 15) is 13.2 Å². The molecule has 0 aliphatic heterocycles. The summed E-state index contributed by atoms with van der Waals surface area (Å²) < 4.78 is 41.2. The molecule has 1 aliphatic carbocycles. The number of hydrogen-bond donors (Lipinski definition) is 0. The van der Waals surface area contributed by atoms with Crippen LogP contribution in [0.5, 0.6) is 0 Å². The molecule has 0 amide bonds. The Morgan fingerprint density at radius 3 is 2.58 bits per heavy atom. The zero-order valence-electron chi connectivity index (χ0n) is 14.5. The summed E-state index contributed by atoms with van der Waals surface area (Å²) in [5, 5.41) is 4.08. The predicted molar refractivity (Wildman–Crippen MR) is 90.9 cm³/mol. The monoisotopic (exact) mass is 361 g/mol. The van der Waals surface area contributed by atoms with E-state index in [-0.39, 0.29) is 11.8 Å². The van der Waals surface area contributed by atoms with Crippen LogP contribution in [0.3, 0.4) is 0 Å². The smallest absolute Gasteiger partial charge is 0.349 e. The van der Waals surface area contributed by atoms with Gasteiger partial charge >= 0.3 is 6.18 Å². The van der Waals surface area contributed by atoms with E-state index in [1.165, 1.54) is 16.4 Å². The molecule has 0 spiro atoms. The molecule has 5 nitrogen and oxygen atoms in total. The van der Waals surface area contributed by atoms with Gasteiger partial charge in [0.15, 0.2) is 5.69 Å². The van der Waals surface area contributed by atoms with Crippen LogP contribution in [-0.2, 0) is 12.7 Å². The summed E-state index contributed by atoms with van der Waals surface area (Å²) in [7, 11) is 0. The lowest BCUT2D eigenvalue weighted by Gasteiger charge is -2.26. The van der Waals surface area contributed by atoms with Gasteiger partial charge in [-0.05, 0) is 43.4 Å². The van der Waals surface area contributed by atoms with Crippen LogP contribution in [0.2, 0.25) is 0 Å². The van der Waals surface area contributed by atoms with E-state index in [2.05, 4.69) is 21.1 Å². The lowest BCUT2D eigenvalue weighted by atomic mass is 10.1. The summed E-state index contributed by atoms with van der Waals surface area (Å²) >= 11 is 0. The third kappa shape index (κ3) is 3.11. The molecule has 1 fully saturated rings. The summed E-state index contributed by atoms with van der Waals surface area (Å²) in [6, 6.07) is 7.40. The van der Waals surface area contributed by atoms with Crippen molar-refractivity contribution >= 4 is 11.6 Å². The largest absolute Gasteiger partial charge is 0.433 e. The Kier molecular flexibility index (Phi) is 3.86. The molecule has 26 heavy (non-hydrogen) atoms. The molecule has 0 unspecified atom stereocenters. The fourth-order valence-corrected chi connectivity index (χ4v) is 3.03. The number of benzene rings is 1. The van der Waals surface area contributed by atoms with Crippen molar-refractivity contribution in [1.82, 2.24) is 19.6 Å². The maximum Gasteiger partial charge on any atom is 0.433 e. The second-order valence-electron chi connectivity index (χ2n) is 6.75. The molecular formula is C18H18F3N5. The SMILES string of the molecule is Cc1ccc(CN(c2cc(C(F)(F)F)nc3ncnn23)C2CC2)cc1C. The Bertz CT molecular complexity index is 959. The zero-order chi connectivity index (χ0) is 18.5. The van der Waals surface area contributed by atoms with E-state index in [0.717, 1.165) is 30.0 Å². The number of aromatic nitrogens is 4. The van der Waals surface area contributed by atoms with Gasteiger partial charge in [0, 0.05) is 18.7 Å². The van der Waals surface area contributed by atoms with Gasteiger partial charge in [0.2, 0.25) is 0 Å². The number of aryl methyl sites for hydroxylation is 2. The van der Waals surface area contributed by atoms with E-state index in [1.807, 2.05) is 30.9 Å². The van der Waals surface area contributed by atoms with Gasteiger partial charge in [-0.1, -0.05) is 18.2 Å². The van der Waals surface area contributed by atoms with Crippen LogP contribution in [0.1, 0.15) is 35.2 Å². The van der Waals surface area contributed by atoms with Crippen molar-refractivity contribution in [3.8, 4) is 0 Å². The van der Waals surface area contributed by atoms with Crippen LogP contribution in [0.25, 0.3) is 5.78 Å². The van der Waals surface area contributed by atoms with Crippen LogP contribution in [0, 0.1) is 13.8 Å². The maximum atomic E-state index is 13.3. The van der Waals surface area contributed by atoms with Gasteiger partial charge in [-0.25, -0.2) is 4.98 Å².